The quantitative estimate of drug-likeness (QED) is 0.630. The fourth-order valence-electron chi connectivity index (χ4n) is 1.97. The Morgan fingerprint density at radius 2 is 1.73 bits per heavy atom. The third kappa shape index (κ3) is 2.68. The first kappa shape index (κ1) is 14.2. The van der Waals surface area contributed by atoms with Crippen LogP contribution in [0.2, 0.25) is 0 Å². The highest BCUT2D eigenvalue weighted by Gasteiger charge is 2.40. The maximum Gasteiger partial charge on any atom is 0.300 e. The van der Waals surface area contributed by atoms with Gasteiger partial charge in [0.25, 0.3) is 11.8 Å². The molecular weight excluding hydrogens is 300 g/mol. The van der Waals surface area contributed by atoms with Crippen LogP contribution in [-0.4, -0.2) is 26.9 Å². The summed E-state index contributed by atoms with van der Waals surface area (Å²) in [5, 5.41) is -0.589. The maximum absolute atomic E-state index is 12.3. The Morgan fingerprint density at radius 1 is 1.05 bits per heavy atom. The molecule has 0 spiro atoms. The van der Waals surface area contributed by atoms with E-state index in [-0.39, 0.29) is 10.5 Å². The van der Waals surface area contributed by atoms with Crippen molar-refractivity contribution in [2.45, 2.75) is 0 Å². The number of benzene rings is 1. The topological polar surface area (TPSA) is 67.3 Å². The van der Waals surface area contributed by atoms with Crippen molar-refractivity contribution in [2.24, 2.45) is 0 Å². The molecule has 0 unspecified atom stereocenters. The molecule has 3 rings (SSSR count). The Bertz CT molecular complexity index is 772. The van der Waals surface area contributed by atoms with Gasteiger partial charge >= 0.3 is 5.24 Å². The van der Waals surface area contributed by atoms with Gasteiger partial charge in [0.05, 0.1) is 4.91 Å². The normalized spacial score (nSPS) is 16.4. The molecule has 1 aliphatic heterocycles. The summed E-state index contributed by atoms with van der Waals surface area (Å²) in [6.45, 7) is 0. The lowest BCUT2D eigenvalue weighted by Gasteiger charge is -2.09. The summed E-state index contributed by atoms with van der Waals surface area (Å²) in [6.07, 6.45) is 4.48. The van der Waals surface area contributed by atoms with E-state index >= 15 is 0 Å². The lowest BCUT2D eigenvalue weighted by atomic mass is 10.2. The van der Waals surface area contributed by atoms with Gasteiger partial charge in [-0.3, -0.25) is 19.4 Å². The Morgan fingerprint density at radius 3 is 2.41 bits per heavy atom. The predicted molar refractivity (Wildman–Crippen MR) is 82.8 cm³/mol. The summed E-state index contributed by atoms with van der Waals surface area (Å²) in [4.78, 5) is 41.3. The SMILES string of the molecule is O=C1S/C(=C/c2ccccc2)C(=O)N1C(=O)c1ccncc1. The first-order valence-corrected chi connectivity index (χ1v) is 7.26. The van der Waals surface area contributed by atoms with E-state index in [1.165, 1.54) is 24.5 Å². The standard InChI is InChI=1S/C16H10N2O3S/c19-14(12-6-8-17-9-7-12)18-15(20)13(22-16(18)21)10-11-4-2-1-3-5-11/h1-10H/b13-10+. The average molecular weight is 310 g/mol. The summed E-state index contributed by atoms with van der Waals surface area (Å²) in [5.41, 5.74) is 1.04. The molecule has 0 bridgehead atoms. The Balaban J connectivity index is 1.89. The second-order valence-corrected chi connectivity index (χ2v) is 5.46. The van der Waals surface area contributed by atoms with Crippen molar-refractivity contribution in [3.8, 4) is 0 Å². The van der Waals surface area contributed by atoms with E-state index in [2.05, 4.69) is 4.98 Å². The lowest BCUT2D eigenvalue weighted by Crippen LogP contribution is -2.34. The molecule has 108 valence electrons. The van der Waals surface area contributed by atoms with Crippen LogP contribution >= 0.6 is 11.8 Å². The van der Waals surface area contributed by atoms with Gasteiger partial charge in [-0.25, -0.2) is 4.90 Å². The Kier molecular flexibility index (Phi) is 3.84. The molecule has 5 nitrogen and oxygen atoms in total. The molecule has 1 aliphatic rings. The van der Waals surface area contributed by atoms with Crippen molar-refractivity contribution in [1.29, 1.82) is 0 Å². The smallest absolute Gasteiger partial charge is 0.268 e. The van der Waals surface area contributed by atoms with Crippen molar-refractivity contribution in [1.82, 2.24) is 9.88 Å². The molecule has 2 heterocycles. The van der Waals surface area contributed by atoms with E-state index in [9.17, 15) is 14.4 Å². The van der Waals surface area contributed by atoms with Crippen LogP contribution in [0, 0.1) is 0 Å². The van der Waals surface area contributed by atoms with Crippen LogP contribution in [0.4, 0.5) is 4.79 Å². The zero-order valence-corrected chi connectivity index (χ0v) is 12.1. The molecule has 3 amide bonds. The molecule has 1 aromatic carbocycles. The number of amides is 3. The van der Waals surface area contributed by atoms with Crippen LogP contribution in [0.15, 0.2) is 59.8 Å². The van der Waals surface area contributed by atoms with Crippen molar-refractivity contribution in [3.63, 3.8) is 0 Å². The first-order valence-electron chi connectivity index (χ1n) is 6.44. The van der Waals surface area contributed by atoms with E-state index in [0.717, 1.165) is 17.3 Å². The summed E-state index contributed by atoms with van der Waals surface area (Å²) in [5.74, 6) is -1.23. The van der Waals surface area contributed by atoms with Crippen LogP contribution in [0.3, 0.4) is 0 Å². The minimum absolute atomic E-state index is 0.235. The number of hydrogen-bond donors (Lipinski definition) is 0. The number of rotatable bonds is 2. The number of nitrogens with zero attached hydrogens (tertiary/aromatic N) is 2. The van der Waals surface area contributed by atoms with Gasteiger partial charge in [-0.2, -0.15) is 0 Å². The largest absolute Gasteiger partial charge is 0.300 e. The van der Waals surface area contributed by atoms with Crippen LogP contribution in [0.5, 0.6) is 0 Å². The van der Waals surface area contributed by atoms with Gasteiger partial charge in [-0.1, -0.05) is 30.3 Å². The minimum Gasteiger partial charge on any atom is -0.268 e. The second-order valence-electron chi connectivity index (χ2n) is 4.47. The molecule has 1 saturated heterocycles. The number of pyridine rings is 1. The average Bonchev–Trinajstić information content (AvgIpc) is 2.82. The molecule has 0 saturated carbocycles. The van der Waals surface area contributed by atoms with Gasteiger partial charge in [-0.05, 0) is 35.5 Å². The number of imide groups is 3. The van der Waals surface area contributed by atoms with Crippen molar-refractivity contribution in [2.75, 3.05) is 0 Å². The molecule has 0 aliphatic carbocycles. The van der Waals surface area contributed by atoms with Crippen LogP contribution < -0.4 is 0 Å². The summed E-state index contributed by atoms with van der Waals surface area (Å²) in [7, 11) is 0. The summed E-state index contributed by atoms with van der Waals surface area (Å²) >= 11 is 0.762. The third-order valence-electron chi connectivity index (χ3n) is 3.02. The number of hydrogen-bond acceptors (Lipinski definition) is 5. The van der Waals surface area contributed by atoms with Gasteiger partial charge in [0.15, 0.2) is 0 Å². The summed E-state index contributed by atoms with van der Waals surface area (Å²) in [6, 6.07) is 12.1. The van der Waals surface area contributed by atoms with Crippen LogP contribution in [-0.2, 0) is 4.79 Å². The van der Waals surface area contributed by atoms with Crippen molar-refractivity contribution < 1.29 is 14.4 Å². The fourth-order valence-corrected chi connectivity index (χ4v) is 2.79. The molecule has 0 radical (unpaired) electrons. The second kappa shape index (κ2) is 5.95. The minimum atomic E-state index is -0.638. The summed E-state index contributed by atoms with van der Waals surface area (Å²) < 4.78 is 0. The van der Waals surface area contributed by atoms with E-state index in [4.69, 9.17) is 0 Å². The number of aromatic nitrogens is 1. The third-order valence-corrected chi connectivity index (χ3v) is 3.89. The van der Waals surface area contributed by atoms with Gasteiger partial charge in [0.1, 0.15) is 0 Å². The number of carbonyl (C=O) groups excluding carboxylic acids is 3. The van der Waals surface area contributed by atoms with Gasteiger partial charge in [-0.15, -0.1) is 0 Å². The molecule has 1 aromatic heterocycles. The van der Waals surface area contributed by atoms with Crippen molar-refractivity contribution >= 4 is 34.9 Å². The molecule has 1 fully saturated rings. The van der Waals surface area contributed by atoms with Gasteiger partial charge in [0.2, 0.25) is 0 Å². The van der Waals surface area contributed by atoms with E-state index in [1.807, 2.05) is 30.3 Å². The molecule has 6 heteroatoms. The molecule has 0 N–H and O–H groups in total. The molecule has 2 aromatic rings. The first-order chi connectivity index (χ1) is 10.7. The predicted octanol–water partition coefficient (Wildman–Crippen LogP) is 2.96. The Labute approximate surface area is 130 Å². The van der Waals surface area contributed by atoms with Crippen LogP contribution in [0.1, 0.15) is 15.9 Å². The molecular formula is C16H10N2O3S. The van der Waals surface area contributed by atoms with Gasteiger partial charge < -0.3 is 0 Å². The monoisotopic (exact) mass is 310 g/mol. The number of carbonyl (C=O) groups is 3. The van der Waals surface area contributed by atoms with Crippen molar-refractivity contribution in [3.05, 3.63) is 70.9 Å². The number of thioether (sulfide) groups is 1. The van der Waals surface area contributed by atoms with Gasteiger partial charge in [0, 0.05) is 18.0 Å². The lowest BCUT2D eigenvalue weighted by molar-refractivity contribution is -0.120. The Hall–Kier alpha value is -2.73. The fraction of sp³-hybridized carbons (Fsp3) is 0. The highest BCUT2D eigenvalue weighted by Crippen LogP contribution is 2.33. The van der Waals surface area contributed by atoms with E-state index < -0.39 is 17.1 Å². The van der Waals surface area contributed by atoms with Crippen LogP contribution in [0.25, 0.3) is 6.08 Å². The van der Waals surface area contributed by atoms with E-state index in [1.54, 1.807) is 6.08 Å². The zero-order valence-electron chi connectivity index (χ0n) is 11.3. The molecule has 0 atom stereocenters. The highest BCUT2D eigenvalue weighted by atomic mass is 32.2. The highest BCUT2D eigenvalue weighted by molar-refractivity contribution is 8.18. The van der Waals surface area contributed by atoms with E-state index in [0.29, 0.717) is 4.90 Å². The maximum atomic E-state index is 12.3. The zero-order chi connectivity index (χ0) is 15.5. The molecule has 22 heavy (non-hydrogen) atoms.